The molecule has 7 atom stereocenters. The molecular weight excluding hydrogens is 1320 g/mol. The predicted molar refractivity (Wildman–Crippen MR) is 285 cm³/mol. The number of aromatic nitrogens is 6. The van der Waals surface area contributed by atoms with Crippen LogP contribution >= 0.6 is 82.6 Å². The van der Waals surface area contributed by atoms with Gasteiger partial charge in [-0.3, -0.25) is 24.5 Å². The number of rotatable bonds is 3. The van der Waals surface area contributed by atoms with E-state index in [-0.39, 0.29) is 98.4 Å². The van der Waals surface area contributed by atoms with E-state index in [1.807, 2.05) is 25.8 Å². The molecule has 3 aromatic carbocycles. The highest BCUT2D eigenvalue weighted by atomic mass is 79.9. The number of amides is 2. The second kappa shape index (κ2) is 22.2. The van der Waals surface area contributed by atoms with Gasteiger partial charge in [0, 0.05) is 36.5 Å². The number of benzene rings is 3. The molecule has 2 amide bonds. The summed E-state index contributed by atoms with van der Waals surface area (Å²) in [4.78, 5) is 72.6. The summed E-state index contributed by atoms with van der Waals surface area (Å²) in [5.74, 6) is -8.77. The van der Waals surface area contributed by atoms with Crippen molar-refractivity contribution < 1.29 is 59.3 Å². The third kappa shape index (κ3) is 11.2. The SMILES string of the molecule is CC(C)(C)OC(=O)N1[C@@H]2CC[C@H]1[C@@H](COc1c(F)c(Br)c(F)c3nc(Cl)[nH]c(=O)c13)NC2.CC(C)(C)OC(=O)N1[C@@H]2CC[C@H]1[C@H]1COc3c(F)c(Br)c(F)c4nc(Cl)nc(c34)C1C2.O=c1[nH]c(Cl)nc2c(F)c(Br)c(F)c(F)c12. The Kier molecular flexibility index (Phi) is 16.5. The summed E-state index contributed by atoms with van der Waals surface area (Å²) in [6.45, 7) is 11.5. The Hall–Kier alpha value is -4.80. The lowest BCUT2D eigenvalue weighted by molar-refractivity contribution is -0.0105. The first-order chi connectivity index (χ1) is 37.0. The number of nitrogens with one attached hydrogen (secondary N) is 3. The van der Waals surface area contributed by atoms with Crippen molar-refractivity contribution in [2.24, 2.45) is 5.92 Å². The quantitative estimate of drug-likeness (QED) is 0.0653. The summed E-state index contributed by atoms with van der Waals surface area (Å²) >= 11 is 25.6. The standard InChI is InChI=1S/C21H21BrClF2N3O3.C20H22BrClF2N4O4.C8HBrClF3N2O/c1-21(2,3)31-20(29)28-8-4-5-11(28)10-7-30-18-12-16(9(10)6-8)26-19(23)27-17(12)14(24)13(22)15(18)25;1-20(2,3)32-19(30)28-8-4-5-10(28)9(25-6-8)7-31-16-11-15(13(23)12(21)14(16)24)26-18(22)27-17(11)29;9-2-4(12)3(11)1-6(5(2)13)14-8(10)15-7(1)16/h8-11H,4-7H2,1-3H3;8-10,25H,4-7H2,1-3H3,(H,26,27,29);(H,14,15,16)/t8-,9?,10+,11+;8-,9-,10+;/m11./s1. The molecule has 79 heavy (non-hydrogen) atoms. The van der Waals surface area contributed by atoms with Crippen LogP contribution in [-0.4, -0.2) is 113 Å². The number of hydrogen-bond donors (Lipinski definition) is 3. The minimum atomic E-state index is -1.49. The largest absolute Gasteiger partial charge is 0.489 e. The first kappa shape index (κ1) is 58.8. The Labute approximate surface area is 483 Å². The zero-order chi connectivity index (χ0) is 57.6. The highest BCUT2D eigenvalue weighted by Crippen LogP contribution is 2.52. The van der Waals surface area contributed by atoms with Gasteiger partial charge < -0.3 is 29.2 Å². The molecule has 30 heteroatoms. The average molecular weight is 1370 g/mol. The highest BCUT2D eigenvalue weighted by Gasteiger charge is 2.53. The van der Waals surface area contributed by atoms with E-state index in [1.165, 1.54) is 0 Å². The number of piperazine rings is 1. The lowest BCUT2D eigenvalue weighted by Crippen LogP contribution is -2.61. The lowest BCUT2D eigenvalue weighted by atomic mass is 9.78. The molecule has 6 aromatic rings. The molecular formula is C49H44Br3Cl3F7N9O8. The van der Waals surface area contributed by atoms with Gasteiger partial charge in [0.2, 0.25) is 15.9 Å². The fraction of sp³-hybridized carbons (Fsp3) is 0.469. The summed E-state index contributed by atoms with van der Waals surface area (Å²) in [6.07, 6.45) is 2.96. The van der Waals surface area contributed by atoms with Crippen molar-refractivity contribution in [3.8, 4) is 11.5 Å². The molecule has 4 saturated heterocycles. The fourth-order valence-corrected chi connectivity index (χ4v) is 12.3. The molecule has 3 N–H and O–H groups in total. The summed E-state index contributed by atoms with van der Waals surface area (Å²) < 4.78 is 120. The number of piperidine rings is 1. The third-order valence-electron chi connectivity index (χ3n) is 13.8. The molecule has 0 aliphatic carbocycles. The molecule has 8 heterocycles. The first-order valence-electron chi connectivity index (χ1n) is 24.2. The molecule has 5 aliphatic heterocycles. The molecule has 0 spiro atoms. The van der Waals surface area contributed by atoms with Gasteiger partial charge in [0.05, 0.1) is 43.2 Å². The van der Waals surface area contributed by atoms with Crippen molar-refractivity contribution in [2.75, 3.05) is 19.8 Å². The highest BCUT2D eigenvalue weighted by molar-refractivity contribution is 9.11. The lowest BCUT2D eigenvalue weighted by Gasteiger charge is -2.43. The topological polar surface area (TPSA) is 207 Å². The van der Waals surface area contributed by atoms with E-state index in [9.17, 15) is 49.9 Å². The predicted octanol–water partition coefficient (Wildman–Crippen LogP) is 12.1. The average Bonchev–Trinajstić information content (AvgIpc) is 4.04. The molecule has 424 valence electrons. The van der Waals surface area contributed by atoms with Crippen LogP contribution in [0, 0.1) is 46.6 Å². The fourth-order valence-electron chi connectivity index (χ4n) is 10.7. The molecule has 5 aliphatic rings. The smallest absolute Gasteiger partial charge is 0.410 e. The van der Waals surface area contributed by atoms with Gasteiger partial charge in [0.15, 0.2) is 52.2 Å². The molecule has 17 nitrogen and oxygen atoms in total. The zero-order valence-corrected chi connectivity index (χ0v) is 49.1. The van der Waals surface area contributed by atoms with Crippen LogP contribution in [0.4, 0.5) is 40.3 Å². The van der Waals surface area contributed by atoms with Crippen LogP contribution in [0.25, 0.3) is 32.7 Å². The second-order valence-corrected chi connectivity index (χ2v) is 24.5. The van der Waals surface area contributed by atoms with Gasteiger partial charge >= 0.3 is 12.2 Å². The Balaban J connectivity index is 0.000000152. The number of fused-ring (bicyclic) bond motifs is 9. The second-order valence-electron chi connectivity index (χ2n) is 21.1. The maximum Gasteiger partial charge on any atom is 0.410 e. The number of nitrogens with zero attached hydrogens (tertiary/aromatic N) is 6. The van der Waals surface area contributed by atoms with E-state index in [0.29, 0.717) is 18.7 Å². The minimum absolute atomic E-state index is 0.00202. The van der Waals surface area contributed by atoms with Gasteiger partial charge in [0.25, 0.3) is 11.1 Å². The normalized spacial score (nSPS) is 22.1. The number of aromatic amines is 2. The van der Waals surface area contributed by atoms with Gasteiger partial charge in [0.1, 0.15) is 45.1 Å². The number of carbonyl (C=O) groups excluding carboxylic acids is 2. The van der Waals surface area contributed by atoms with Gasteiger partial charge in [-0.15, -0.1) is 0 Å². The summed E-state index contributed by atoms with van der Waals surface area (Å²) in [5, 5.41) is 1.51. The maximum atomic E-state index is 15.0. The molecule has 4 bridgehead atoms. The van der Waals surface area contributed by atoms with Gasteiger partial charge in [-0.2, -0.15) is 0 Å². The Morgan fingerprint density at radius 2 is 1.15 bits per heavy atom. The van der Waals surface area contributed by atoms with Crippen molar-refractivity contribution in [2.45, 2.75) is 121 Å². The minimum Gasteiger partial charge on any atom is -0.489 e. The molecule has 4 fully saturated rings. The molecule has 11 rings (SSSR count). The number of carbonyl (C=O) groups is 2. The van der Waals surface area contributed by atoms with E-state index >= 15 is 0 Å². The number of H-pyrrole nitrogens is 2. The van der Waals surface area contributed by atoms with E-state index in [4.69, 9.17) is 53.8 Å². The van der Waals surface area contributed by atoms with Crippen LogP contribution in [0.5, 0.6) is 11.5 Å². The Bertz CT molecular complexity index is 3640. The van der Waals surface area contributed by atoms with Gasteiger partial charge in [-0.05, 0) is 156 Å². The molecule has 3 aromatic heterocycles. The van der Waals surface area contributed by atoms with E-state index in [2.05, 4.69) is 78.0 Å². The molecule has 0 radical (unpaired) electrons. The van der Waals surface area contributed by atoms with Crippen molar-refractivity contribution in [3.05, 3.63) is 96.4 Å². The van der Waals surface area contributed by atoms with E-state index < -0.39 is 106 Å². The van der Waals surface area contributed by atoms with Gasteiger partial charge in [-0.1, -0.05) is 0 Å². The van der Waals surface area contributed by atoms with Crippen molar-refractivity contribution in [1.29, 1.82) is 0 Å². The van der Waals surface area contributed by atoms with Gasteiger partial charge in [-0.25, -0.2) is 60.3 Å². The maximum absolute atomic E-state index is 15.0. The van der Waals surface area contributed by atoms with E-state index in [1.54, 1.807) is 30.6 Å². The Morgan fingerprint density at radius 3 is 1.75 bits per heavy atom. The Morgan fingerprint density at radius 1 is 0.646 bits per heavy atom. The number of hydrogen-bond acceptors (Lipinski definition) is 13. The van der Waals surface area contributed by atoms with Crippen LogP contribution < -0.4 is 25.9 Å². The number of ether oxygens (including phenoxy) is 4. The van der Waals surface area contributed by atoms with Crippen molar-refractivity contribution in [1.82, 2.24) is 45.0 Å². The third-order valence-corrected chi connectivity index (χ3v) is 16.4. The van der Waals surface area contributed by atoms with Crippen LogP contribution in [0.1, 0.15) is 85.3 Å². The van der Waals surface area contributed by atoms with Crippen LogP contribution in [-0.2, 0) is 9.47 Å². The first-order valence-corrected chi connectivity index (χ1v) is 27.7. The van der Waals surface area contributed by atoms with Crippen LogP contribution in [0.15, 0.2) is 23.0 Å². The molecule has 0 saturated carbocycles. The van der Waals surface area contributed by atoms with E-state index in [0.717, 1.165) is 25.7 Å². The summed E-state index contributed by atoms with van der Waals surface area (Å²) in [6, 6.07) is -0.769. The summed E-state index contributed by atoms with van der Waals surface area (Å²) in [5.41, 5.74) is -3.73. The number of halogens is 13. The molecule has 1 unspecified atom stereocenters. The van der Waals surface area contributed by atoms with Crippen LogP contribution in [0.2, 0.25) is 15.9 Å². The van der Waals surface area contributed by atoms with Crippen LogP contribution in [0.3, 0.4) is 0 Å². The van der Waals surface area contributed by atoms with Crippen molar-refractivity contribution >= 4 is 127 Å². The summed E-state index contributed by atoms with van der Waals surface area (Å²) in [7, 11) is 0. The van der Waals surface area contributed by atoms with Crippen molar-refractivity contribution in [3.63, 3.8) is 0 Å². The monoisotopic (exact) mass is 1360 g/mol. The zero-order valence-electron chi connectivity index (χ0n) is 42.1.